The molecule has 0 aliphatic heterocycles. The van der Waals surface area contributed by atoms with Crippen LogP contribution in [0.2, 0.25) is 0 Å². The van der Waals surface area contributed by atoms with E-state index in [0.717, 1.165) is 0 Å². The zero-order chi connectivity index (χ0) is 11.5. The van der Waals surface area contributed by atoms with Crippen LogP contribution in [0.4, 0.5) is 0 Å². The average molecular weight is 316 g/mol. The van der Waals surface area contributed by atoms with Gasteiger partial charge in [-0.25, -0.2) is 8.42 Å². The van der Waals surface area contributed by atoms with Crippen molar-refractivity contribution in [1.29, 1.82) is 0 Å². The first-order valence-electron chi connectivity index (χ1n) is 3.81. The van der Waals surface area contributed by atoms with Crippen molar-refractivity contribution in [2.24, 2.45) is 0 Å². The second kappa shape index (κ2) is 5.16. The molecule has 4 nitrogen and oxygen atoms in total. The summed E-state index contributed by atoms with van der Waals surface area (Å²) >= 11 is 3.20. The van der Waals surface area contributed by atoms with Crippen molar-refractivity contribution >= 4 is 35.7 Å². The third-order valence-corrected chi connectivity index (χ3v) is 3.36. The third kappa shape index (κ3) is 3.64. The van der Waals surface area contributed by atoms with Gasteiger partial charge in [0.15, 0.2) is 6.79 Å². The van der Waals surface area contributed by atoms with Crippen molar-refractivity contribution in [2.45, 2.75) is 4.90 Å². The summed E-state index contributed by atoms with van der Waals surface area (Å²) in [4.78, 5) is -0.0792. The largest absolute Gasteiger partial charge is 0.466 e. The molecule has 0 bridgehead atoms. The Balaban J connectivity index is 3.15. The number of halogens is 2. The molecule has 0 aromatic heterocycles. The smallest absolute Gasteiger partial charge is 0.264 e. The number of methoxy groups -OCH3 is 1. The molecule has 0 spiro atoms. The first-order valence-corrected chi connectivity index (χ1v) is 6.91. The average Bonchev–Trinajstić information content (AvgIpc) is 2.12. The molecule has 0 heterocycles. The van der Waals surface area contributed by atoms with Gasteiger partial charge in [-0.3, -0.25) is 0 Å². The van der Waals surface area contributed by atoms with Crippen LogP contribution in [-0.4, -0.2) is 22.3 Å². The quantitative estimate of drug-likeness (QED) is 0.632. The van der Waals surface area contributed by atoms with Crippen LogP contribution in [0.5, 0.6) is 5.75 Å². The fourth-order valence-corrected chi connectivity index (χ4v) is 2.23. The number of benzene rings is 1. The summed E-state index contributed by atoms with van der Waals surface area (Å²) in [5, 5.41) is 0. The van der Waals surface area contributed by atoms with Crippen molar-refractivity contribution in [1.82, 2.24) is 0 Å². The van der Waals surface area contributed by atoms with Gasteiger partial charge in [-0.2, -0.15) is 0 Å². The van der Waals surface area contributed by atoms with Crippen LogP contribution in [0.15, 0.2) is 27.6 Å². The van der Waals surface area contributed by atoms with Crippen LogP contribution >= 0.6 is 26.6 Å². The molecule has 7 heteroatoms. The highest BCUT2D eigenvalue weighted by atomic mass is 79.9. The van der Waals surface area contributed by atoms with Gasteiger partial charge in [0.25, 0.3) is 9.05 Å². The Morgan fingerprint density at radius 1 is 1.47 bits per heavy atom. The SMILES string of the molecule is COCOc1cc(Br)ccc1S(=O)(=O)Cl. The highest BCUT2D eigenvalue weighted by molar-refractivity contribution is 9.10. The van der Waals surface area contributed by atoms with Crippen LogP contribution in [0.25, 0.3) is 0 Å². The van der Waals surface area contributed by atoms with Crippen molar-refractivity contribution in [2.75, 3.05) is 13.9 Å². The number of hydrogen-bond acceptors (Lipinski definition) is 4. The zero-order valence-electron chi connectivity index (χ0n) is 7.74. The lowest BCUT2D eigenvalue weighted by Crippen LogP contribution is -2.03. The van der Waals surface area contributed by atoms with Gasteiger partial charge < -0.3 is 9.47 Å². The molecule has 1 aromatic carbocycles. The monoisotopic (exact) mass is 314 g/mol. The van der Waals surface area contributed by atoms with E-state index in [1.54, 1.807) is 6.07 Å². The summed E-state index contributed by atoms with van der Waals surface area (Å²) < 4.78 is 32.8. The molecule has 0 saturated heterocycles. The van der Waals surface area contributed by atoms with Crippen LogP contribution < -0.4 is 4.74 Å². The molecule has 0 N–H and O–H groups in total. The predicted molar refractivity (Wildman–Crippen MR) is 59.7 cm³/mol. The third-order valence-electron chi connectivity index (χ3n) is 1.50. The molecule has 0 unspecified atom stereocenters. The fraction of sp³-hybridized carbons (Fsp3) is 0.250. The summed E-state index contributed by atoms with van der Waals surface area (Å²) in [5.41, 5.74) is 0. The van der Waals surface area contributed by atoms with E-state index in [4.69, 9.17) is 15.4 Å². The van der Waals surface area contributed by atoms with Gasteiger partial charge in [0.1, 0.15) is 10.6 Å². The Bertz CT molecular complexity index is 446. The highest BCUT2D eigenvalue weighted by Gasteiger charge is 2.17. The van der Waals surface area contributed by atoms with E-state index in [9.17, 15) is 8.42 Å². The summed E-state index contributed by atoms with van der Waals surface area (Å²) in [5.74, 6) is 0.154. The molecule has 1 rings (SSSR count). The van der Waals surface area contributed by atoms with Crippen molar-refractivity contribution in [3.05, 3.63) is 22.7 Å². The number of hydrogen-bond donors (Lipinski definition) is 0. The summed E-state index contributed by atoms with van der Waals surface area (Å²) in [7, 11) is 2.86. The van der Waals surface area contributed by atoms with Crippen LogP contribution in [0.1, 0.15) is 0 Å². The molecular weight excluding hydrogens is 308 g/mol. The second-order valence-corrected chi connectivity index (χ2v) is 6.03. The Morgan fingerprint density at radius 3 is 2.67 bits per heavy atom. The molecule has 0 amide bonds. The minimum absolute atomic E-state index is 0.0458. The predicted octanol–water partition coefficient (Wildman–Crippen LogP) is 2.36. The Hall–Kier alpha value is -0.300. The molecule has 1 aromatic rings. The summed E-state index contributed by atoms with van der Waals surface area (Å²) in [6.07, 6.45) is 0. The van der Waals surface area contributed by atoms with Gasteiger partial charge in [0, 0.05) is 22.3 Å². The van der Waals surface area contributed by atoms with Gasteiger partial charge in [-0.15, -0.1) is 0 Å². The molecule has 84 valence electrons. The van der Waals surface area contributed by atoms with Crippen LogP contribution in [-0.2, 0) is 13.8 Å². The Labute approximate surface area is 101 Å². The van der Waals surface area contributed by atoms with Crippen molar-refractivity contribution in [3.63, 3.8) is 0 Å². The van der Waals surface area contributed by atoms with E-state index in [2.05, 4.69) is 20.7 Å². The normalized spacial score (nSPS) is 11.4. The van der Waals surface area contributed by atoms with E-state index < -0.39 is 9.05 Å². The lowest BCUT2D eigenvalue weighted by molar-refractivity contribution is 0.0490. The minimum Gasteiger partial charge on any atom is -0.466 e. The van der Waals surface area contributed by atoms with Crippen molar-refractivity contribution < 1.29 is 17.9 Å². The first kappa shape index (κ1) is 12.8. The molecule has 0 aliphatic rings. The summed E-state index contributed by atoms with van der Waals surface area (Å²) in [6, 6.07) is 4.43. The molecule has 0 radical (unpaired) electrons. The molecule has 0 fully saturated rings. The lowest BCUT2D eigenvalue weighted by Gasteiger charge is -2.08. The second-order valence-electron chi connectivity index (χ2n) is 2.58. The topological polar surface area (TPSA) is 52.6 Å². The van der Waals surface area contributed by atoms with Crippen LogP contribution in [0.3, 0.4) is 0 Å². The van der Waals surface area contributed by atoms with Crippen LogP contribution in [0, 0.1) is 0 Å². The standard InChI is InChI=1S/C8H8BrClO4S/c1-13-5-14-7-4-6(9)2-3-8(7)15(10,11)12/h2-4H,5H2,1H3. The Morgan fingerprint density at radius 2 is 2.13 bits per heavy atom. The van der Waals surface area contributed by atoms with E-state index in [1.165, 1.54) is 19.2 Å². The molecule has 0 aliphatic carbocycles. The zero-order valence-corrected chi connectivity index (χ0v) is 10.9. The Kier molecular flexibility index (Phi) is 4.39. The lowest BCUT2D eigenvalue weighted by atomic mass is 10.3. The molecule has 15 heavy (non-hydrogen) atoms. The van der Waals surface area contributed by atoms with Crippen molar-refractivity contribution in [3.8, 4) is 5.75 Å². The minimum atomic E-state index is -3.81. The highest BCUT2D eigenvalue weighted by Crippen LogP contribution is 2.29. The number of ether oxygens (including phenoxy) is 2. The van der Waals surface area contributed by atoms with Gasteiger partial charge >= 0.3 is 0 Å². The maximum atomic E-state index is 11.2. The molecule has 0 atom stereocenters. The number of rotatable bonds is 4. The van der Waals surface area contributed by atoms with E-state index in [1.807, 2.05) is 0 Å². The van der Waals surface area contributed by atoms with Gasteiger partial charge in [0.2, 0.25) is 0 Å². The van der Waals surface area contributed by atoms with Gasteiger partial charge in [-0.1, -0.05) is 15.9 Å². The van der Waals surface area contributed by atoms with Gasteiger partial charge in [-0.05, 0) is 18.2 Å². The van der Waals surface area contributed by atoms with E-state index in [-0.39, 0.29) is 17.4 Å². The van der Waals surface area contributed by atoms with E-state index in [0.29, 0.717) is 4.47 Å². The maximum absolute atomic E-state index is 11.2. The maximum Gasteiger partial charge on any atom is 0.264 e. The van der Waals surface area contributed by atoms with E-state index >= 15 is 0 Å². The fourth-order valence-electron chi connectivity index (χ4n) is 0.919. The molecular formula is C8H8BrClO4S. The molecule has 0 saturated carbocycles. The first-order chi connectivity index (χ1) is 6.95. The van der Waals surface area contributed by atoms with Gasteiger partial charge in [0.05, 0.1) is 0 Å². The summed E-state index contributed by atoms with van der Waals surface area (Å²) in [6.45, 7) is -0.0458.